The number of nitrogen functional groups attached to an aromatic ring is 1. The number of fused-ring (bicyclic) bond motifs is 1. The molecule has 0 radical (unpaired) electrons. The Morgan fingerprint density at radius 2 is 2.26 bits per heavy atom. The van der Waals surface area contributed by atoms with Crippen molar-refractivity contribution < 1.29 is 4.79 Å². The summed E-state index contributed by atoms with van der Waals surface area (Å²) in [7, 11) is 1.79. The number of hydrogen-bond acceptors (Lipinski definition) is 6. The van der Waals surface area contributed by atoms with E-state index in [9.17, 15) is 4.79 Å². The Labute approximate surface area is 137 Å². The summed E-state index contributed by atoms with van der Waals surface area (Å²) in [5, 5.41) is 9.09. The summed E-state index contributed by atoms with van der Waals surface area (Å²) in [5.74, 6) is 0.516. The van der Waals surface area contributed by atoms with Crippen molar-refractivity contribution in [3.05, 3.63) is 42.2 Å². The molecule has 1 amide bonds. The molecule has 3 aromatic rings. The molecule has 2 heterocycles. The van der Waals surface area contributed by atoms with Gasteiger partial charge < -0.3 is 10.6 Å². The third kappa shape index (κ3) is 3.59. The number of nitrogens with two attached hydrogens (primary N) is 1. The fourth-order valence-electron chi connectivity index (χ4n) is 2.23. The Hall–Kier alpha value is -2.61. The van der Waals surface area contributed by atoms with E-state index in [0.29, 0.717) is 11.7 Å². The lowest BCUT2D eigenvalue weighted by molar-refractivity contribution is -0.127. The molecule has 0 fully saturated rings. The number of amides is 1. The molecule has 3 rings (SSSR count). The smallest absolute Gasteiger partial charge is 0.233 e. The number of hydrogen-bond donors (Lipinski definition) is 2. The van der Waals surface area contributed by atoms with Gasteiger partial charge in [0.2, 0.25) is 17.0 Å². The second kappa shape index (κ2) is 6.66. The second-order valence-electron chi connectivity index (χ2n) is 5.06. The molecule has 118 valence electrons. The van der Waals surface area contributed by atoms with Crippen LogP contribution in [0.2, 0.25) is 0 Å². The zero-order valence-electron chi connectivity index (χ0n) is 12.6. The average Bonchev–Trinajstić information content (AvgIpc) is 2.98. The van der Waals surface area contributed by atoms with E-state index in [2.05, 4.69) is 20.2 Å². The predicted octanol–water partition coefficient (Wildman–Crippen LogP) is 1.69. The van der Waals surface area contributed by atoms with Gasteiger partial charge in [-0.3, -0.25) is 9.78 Å². The molecule has 0 bridgehead atoms. The molecule has 3 N–H and O–H groups in total. The highest BCUT2D eigenvalue weighted by Crippen LogP contribution is 2.19. The van der Waals surface area contributed by atoms with Gasteiger partial charge in [0.25, 0.3) is 0 Å². The number of carbonyl (C=O) groups is 1. The van der Waals surface area contributed by atoms with E-state index in [1.165, 1.54) is 11.8 Å². The van der Waals surface area contributed by atoms with Crippen LogP contribution in [0.3, 0.4) is 0 Å². The largest absolute Gasteiger partial charge is 0.368 e. The Balaban J connectivity index is 1.65. The molecular formula is C15H16N6OS. The van der Waals surface area contributed by atoms with Crippen molar-refractivity contribution in [2.75, 3.05) is 18.5 Å². The van der Waals surface area contributed by atoms with Gasteiger partial charge in [-0.2, -0.15) is 4.98 Å². The van der Waals surface area contributed by atoms with Crippen molar-refractivity contribution in [2.45, 2.75) is 11.7 Å². The standard InChI is InChI=1S/C15H16N6OS/c1-21(13(22)9-23-15-18-14(16)19-20-15)8-11-4-2-3-10-7-17-6-5-12(10)11/h2-7H,8-9H2,1H3,(H3,16,18,19,20). The van der Waals surface area contributed by atoms with Crippen LogP contribution in [-0.4, -0.2) is 43.8 Å². The number of benzene rings is 1. The first-order valence-electron chi connectivity index (χ1n) is 7.00. The highest BCUT2D eigenvalue weighted by Gasteiger charge is 2.13. The highest BCUT2D eigenvalue weighted by molar-refractivity contribution is 7.99. The summed E-state index contributed by atoms with van der Waals surface area (Å²) in [6.07, 6.45) is 3.58. The summed E-state index contributed by atoms with van der Waals surface area (Å²) in [4.78, 5) is 22.0. The summed E-state index contributed by atoms with van der Waals surface area (Å²) < 4.78 is 0. The summed E-state index contributed by atoms with van der Waals surface area (Å²) in [5.41, 5.74) is 6.55. The van der Waals surface area contributed by atoms with Gasteiger partial charge in [-0.15, -0.1) is 5.10 Å². The lowest BCUT2D eigenvalue weighted by atomic mass is 10.1. The third-order valence-electron chi connectivity index (χ3n) is 3.41. The van der Waals surface area contributed by atoms with E-state index in [0.717, 1.165) is 16.3 Å². The van der Waals surface area contributed by atoms with Crippen LogP contribution in [-0.2, 0) is 11.3 Å². The number of aromatic amines is 1. The van der Waals surface area contributed by atoms with Crippen molar-refractivity contribution in [3.63, 3.8) is 0 Å². The third-order valence-corrected chi connectivity index (χ3v) is 4.24. The number of rotatable bonds is 5. The van der Waals surface area contributed by atoms with E-state index < -0.39 is 0 Å². The van der Waals surface area contributed by atoms with Gasteiger partial charge in [-0.1, -0.05) is 30.0 Å². The number of thioether (sulfide) groups is 1. The molecule has 0 atom stereocenters. The summed E-state index contributed by atoms with van der Waals surface area (Å²) in [6.45, 7) is 0.539. The molecule has 0 aliphatic rings. The van der Waals surface area contributed by atoms with Crippen molar-refractivity contribution in [2.24, 2.45) is 0 Å². The van der Waals surface area contributed by atoms with Gasteiger partial charge in [0.05, 0.1) is 5.75 Å². The molecule has 0 saturated heterocycles. The van der Waals surface area contributed by atoms with Gasteiger partial charge in [0.1, 0.15) is 0 Å². The van der Waals surface area contributed by atoms with Crippen LogP contribution >= 0.6 is 11.8 Å². The Morgan fingerprint density at radius 3 is 3.04 bits per heavy atom. The van der Waals surface area contributed by atoms with Crippen LogP contribution in [0.25, 0.3) is 10.8 Å². The maximum atomic E-state index is 12.3. The minimum absolute atomic E-state index is 0.00410. The summed E-state index contributed by atoms with van der Waals surface area (Å²) in [6, 6.07) is 7.98. The van der Waals surface area contributed by atoms with Crippen LogP contribution in [0.15, 0.2) is 41.8 Å². The monoisotopic (exact) mass is 328 g/mol. The lowest BCUT2D eigenvalue weighted by Crippen LogP contribution is -2.27. The van der Waals surface area contributed by atoms with E-state index in [1.807, 2.05) is 30.5 Å². The number of carbonyl (C=O) groups excluding carboxylic acids is 1. The lowest BCUT2D eigenvalue weighted by Gasteiger charge is -2.18. The van der Waals surface area contributed by atoms with Crippen LogP contribution in [0.4, 0.5) is 5.95 Å². The molecule has 0 aliphatic heterocycles. The minimum Gasteiger partial charge on any atom is -0.368 e. The Kier molecular flexibility index (Phi) is 4.42. The predicted molar refractivity (Wildman–Crippen MR) is 89.7 cm³/mol. The molecule has 23 heavy (non-hydrogen) atoms. The van der Waals surface area contributed by atoms with Crippen LogP contribution in [0.1, 0.15) is 5.56 Å². The number of aromatic nitrogens is 4. The van der Waals surface area contributed by atoms with E-state index in [4.69, 9.17) is 5.73 Å². The van der Waals surface area contributed by atoms with E-state index in [1.54, 1.807) is 18.1 Å². The zero-order chi connectivity index (χ0) is 16.2. The quantitative estimate of drug-likeness (QED) is 0.691. The van der Waals surface area contributed by atoms with Gasteiger partial charge in [-0.05, 0) is 17.0 Å². The molecule has 0 saturated carbocycles. The van der Waals surface area contributed by atoms with Gasteiger partial charge in [-0.25, -0.2) is 5.10 Å². The van der Waals surface area contributed by atoms with Crippen molar-refractivity contribution in [1.29, 1.82) is 0 Å². The number of H-pyrrole nitrogens is 1. The van der Waals surface area contributed by atoms with Crippen LogP contribution < -0.4 is 5.73 Å². The minimum atomic E-state index is 0.00410. The first kappa shape index (κ1) is 15.3. The van der Waals surface area contributed by atoms with Gasteiger partial charge >= 0.3 is 0 Å². The zero-order valence-corrected chi connectivity index (χ0v) is 13.4. The number of anilines is 1. The Bertz CT molecular complexity index is 828. The number of nitrogens with zero attached hydrogens (tertiary/aromatic N) is 4. The topological polar surface area (TPSA) is 101 Å². The van der Waals surface area contributed by atoms with Crippen molar-refractivity contribution in [1.82, 2.24) is 25.1 Å². The van der Waals surface area contributed by atoms with Crippen molar-refractivity contribution >= 4 is 34.4 Å². The van der Waals surface area contributed by atoms with Crippen LogP contribution in [0, 0.1) is 0 Å². The molecule has 7 nitrogen and oxygen atoms in total. The molecule has 0 aliphatic carbocycles. The molecule has 0 unspecified atom stereocenters. The molecule has 1 aromatic carbocycles. The fraction of sp³-hybridized carbons (Fsp3) is 0.200. The highest BCUT2D eigenvalue weighted by atomic mass is 32.2. The SMILES string of the molecule is CN(Cc1cccc2cnccc12)C(=O)CSc1n[nH]c(N)n1. The van der Waals surface area contributed by atoms with Gasteiger partial charge in [0.15, 0.2) is 0 Å². The fourth-order valence-corrected chi connectivity index (χ4v) is 2.98. The van der Waals surface area contributed by atoms with E-state index in [-0.39, 0.29) is 17.6 Å². The normalized spacial score (nSPS) is 10.8. The average molecular weight is 328 g/mol. The van der Waals surface area contributed by atoms with Gasteiger partial charge in [0, 0.05) is 31.4 Å². The first-order chi connectivity index (χ1) is 11.1. The van der Waals surface area contributed by atoms with Crippen LogP contribution in [0.5, 0.6) is 0 Å². The van der Waals surface area contributed by atoms with Crippen molar-refractivity contribution in [3.8, 4) is 0 Å². The second-order valence-corrected chi connectivity index (χ2v) is 6.00. The number of nitrogens with one attached hydrogen (secondary N) is 1. The maximum absolute atomic E-state index is 12.3. The maximum Gasteiger partial charge on any atom is 0.233 e. The molecular weight excluding hydrogens is 312 g/mol. The Morgan fingerprint density at radius 1 is 1.39 bits per heavy atom. The summed E-state index contributed by atoms with van der Waals surface area (Å²) >= 11 is 1.26. The number of pyridine rings is 1. The molecule has 2 aromatic heterocycles. The van der Waals surface area contributed by atoms with E-state index >= 15 is 0 Å². The molecule has 0 spiro atoms. The first-order valence-corrected chi connectivity index (χ1v) is 7.98. The molecule has 8 heteroatoms.